The van der Waals surface area contributed by atoms with E-state index in [1.54, 1.807) is 0 Å². The summed E-state index contributed by atoms with van der Waals surface area (Å²) >= 11 is 0. The summed E-state index contributed by atoms with van der Waals surface area (Å²) in [6.45, 7) is 6.75. The monoisotopic (exact) mass is 294 g/mol. The summed E-state index contributed by atoms with van der Waals surface area (Å²) < 4.78 is 10.7. The molecule has 1 aromatic carbocycles. The van der Waals surface area contributed by atoms with Crippen LogP contribution in [0.15, 0.2) is 24.3 Å². The number of hydrogen-bond acceptors (Lipinski definition) is 4. The number of hydrogen-bond donors (Lipinski definition) is 2. The maximum Gasteiger partial charge on any atom is 0.221 e. The first-order valence-corrected chi connectivity index (χ1v) is 7.37. The van der Waals surface area contributed by atoms with Crippen LogP contribution >= 0.6 is 0 Å². The summed E-state index contributed by atoms with van der Waals surface area (Å²) in [5, 5.41) is 2.86. The quantitative estimate of drug-likeness (QED) is 0.643. The topological polar surface area (TPSA) is 73.6 Å². The Morgan fingerprint density at radius 3 is 2.71 bits per heavy atom. The van der Waals surface area contributed by atoms with Crippen molar-refractivity contribution in [3.8, 4) is 0 Å². The van der Waals surface area contributed by atoms with Crippen LogP contribution in [0.1, 0.15) is 31.4 Å². The first kappa shape index (κ1) is 17.6. The van der Waals surface area contributed by atoms with Crippen molar-refractivity contribution < 1.29 is 14.3 Å². The molecule has 0 radical (unpaired) electrons. The third-order valence-corrected chi connectivity index (χ3v) is 2.83. The van der Waals surface area contributed by atoms with E-state index in [2.05, 4.69) is 5.32 Å². The molecule has 5 nitrogen and oxygen atoms in total. The highest BCUT2D eigenvalue weighted by atomic mass is 16.5. The second-order valence-electron chi connectivity index (χ2n) is 5.03. The van der Waals surface area contributed by atoms with Crippen molar-refractivity contribution >= 4 is 5.91 Å². The van der Waals surface area contributed by atoms with Gasteiger partial charge in [-0.05, 0) is 25.0 Å². The van der Waals surface area contributed by atoms with Gasteiger partial charge in [0.05, 0.1) is 19.8 Å². The minimum absolute atomic E-state index is 0.0247. The van der Waals surface area contributed by atoms with Crippen LogP contribution in [-0.4, -0.2) is 31.8 Å². The lowest BCUT2D eigenvalue weighted by atomic mass is 10.1. The third kappa shape index (κ3) is 8.45. The smallest absolute Gasteiger partial charge is 0.221 e. The van der Waals surface area contributed by atoms with Gasteiger partial charge in [0.1, 0.15) is 0 Å². The van der Waals surface area contributed by atoms with Gasteiger partial charge in [0, 0.05) is 25.6 Å². The van der Waals surface area contributed by atoms with E-state index in [0.29, 0.717) is 39.4 Å². The van der Waals surface area contributed by atoms with Crippen LogP contribution in [0.2, 0.25) is 0 Å². The van der Waals surface area contributed by atoms with Gasteiger partial charge < -0.3 is 20.5 Å². The highest BCUT2D eigenvalue weighted by Crippen LogP contribution is 2.07. The highest BCUT2D eigenvalue weighted by molar-refractivity contribution is 5.76. The first-order valence-electron chi connectivity index (χ1n) is 7.37. The van der Waals surface area contributed by atoms with E-state index in [0.717, 1.165) is 11.1 Å². The number of carbonyl (C=O) groups excluding carboxylic acids is 1. The summed E-state index contributed by atoms with van der Waals surface area (Å²) in [5.41, 5.74) is 7.73. The zero-order valence-electron chi connectivity index (χ0n) is 12.9. The third-order valence-electron chi connectivity index (χ3n) is 2.83. The van der Waals surface area contributed by atoms with Crippen molar-refractivity contribution in [2.45, 2.75) is 39.5 Å². The second kappa shape index (κ2) is 10.3. The number of ether oxygens (including phenoxy) is 2. The van der Waals surface area contributed by atoms with E-state index in [9.17, 15) is 4.79 Å². The van der Waals surface area contributed by atoms with Crippen LogP contribution in [-0.2, 0) is 27.4 Å². The molecular formula is C16H26N2O3. The zero-order valence-corrected chi connectivity index (χ0v) is 12.9. The van der Waals surface area contributed by atoms with E-state index in [-0.39, 0.29) is 11.9 Å². The maximum atomic E-state index is 11.6. The molecule has 0 aromatic heterocycles. The largest absolute Gasteiger partial charge is 0.379 e. The summed E-state index contributed by atoms with van der Waals surface area (Å²) in [6.07, 6.45) is 0.347. The van der Waals surface area contributed by atoms with Crippen LogP contribution in [0.3, 0.4) is 0 Å². The van der Waals surface area contributed by atoms with Gasteiger partial charge in [0.25, 0.3) is 0 Å². The van der Waals surface area contributed by atoms with Gasteiger partial charge in [-0.25, -0.2) is 0 Å². The van der Waals surface area contributed by atoms with Gasteiger partial charge in [-0.1, -0.05) is 24.3 Å². The number of carbonyl (C=O) groups is 1. The van der Waals surface area contributed by atoms with Gasteiger partial charge in [-0.2, -0.15) is 0 Å². The molecule has 1 atom stereocenters. The molecule has 1 unspecified atom stereocenters. The predicted octanol–water partition coefficient (Wildman–Crippen LogP) is 1.59. The summed E-state index contributed by atoms with van der Waals surface area (Å²) in [5.74, 6) is -0.0247. The van der Waals surface area contributed by atoms with E-state index in [4.69, 9.17) is 15.2 Å². The lowest BCUT2D eigenvalue weighted by molar-refractivity contribution is -0.121. The molecule has 21 heavy (non-hydrogen) atoms. The van der Waals surface area contributed by atoms with Crippen LogP contribution in [0, 0.1) is 0 Å². The van der Waals surface area contributed by atoms with E-state index >= 15 is 0 Å². The van der Waals surface area contributed by atoms with Crippen LogP contribution < -0.4 is 11.1 Å². The summed E-state index contributed by atoms with van der Waals surface area (Å²) in [7, 11) is 0. The molecule has 1 amide bonds. The molecule has 0 aliphatic heterocycles. The maximum absolute atomic E-state index is 11.6. The Hall–Kier alpha value is -1.43. The Bertz CT molecular complexity index is 422. The van der Waals surface area contributed by atoms with Gasteiger partial charge in [0.15, 0.2) is 0 Å². The molecule has 0 fully saturated rings. The standard InChI is InChI=1S/C16H26N2O3/c1-3-20-7-8-21-12-15-6-4-5-14(10-15)11-18-16(19)9-13(2)17/h4-6,10,13H,3,7-9,11-12,17H2,1-2H3,(H,18,19). The van der Waals surface area contributed by atoms with Crippen molar-refractivity contribution in [3.05, 3.63) is 35.4 Å². The second-order valence-corrected chi connectivity index (χ2v) is 5.03. The Morgan fingerprint density at radius 1 is 1.29 bits per heavy atom. The number of benzene rings is 1. The fourth-order valence-corrected chi connectivity index (χ4v) is 1.85. The van der Waals surface area contributed by atoms with Gasteiger partial charge >= 0.3 is 0 Å². The van der Waals surface area contributed by atoms with E-state index in [1.165, 1.54) is 0 Å². The molecule has 0 aliphatic carbocycles. The van der Waals surface area contributed by atoms with Gasteiger partial charge in [0.2, 0.25) is 5.91 Å². The predicted molar refractivity (Wildman–Crippen MR) is 82.7 cm³/mol. The Kier molecular flexibility index (Phi) is 8.66. The molecular weight excluding hydrogens is 268 g/mol. The van der Waals surface area contributed by atoms with E-state index in [1.807, 2.05) is 38.1 Å². The lowest BCUT2D eigenvalue weighted by Crippen LogP contribution is -2.29. The minimum atomic E-state index is -0.116. The molecule has 0 aliphatic rings. The van der Waals surface area contributed by atoms with Crippen molar-refractivity contribution in [1.82, 2.24) is 5.32 Å². The lowest BCUT2D eigenvalue weighted by Gasteiger charge is -2.09. The molecule has 1 aromatic rings. The van der Waals surface area contributed by atoms with Gasteiger partial charge in [-0.15, -0.1) is 0 Å². The molecule has 5 heteroatoms. The molecule has 0 bridgehead atoms. The molecule has 0 spiro atoms. The average molecular weight is 294 g/mol. The Labute approximate surface area is 126 Å². The highest BCUT2D eigenvalue weighted by Gasteiger charge is 2.04. The molecule has 3 N–H and O–H groups in total. The summed E-state index contributed by atoms with van der Waals surface area (Å²) in [6, 6.07) is 7.88. The number of amides is 1. The number of nitrogens with one attached hydrogen (secondary N) is 1. The van der Waals surface area contributed by atoms with E-state index < -0.39 is 0 Å². The van der Waals surface area contributed by atoms with Gasteiger partial charge in [-0.3, -0.25) is 4.79 Å². The molecule has 0 saturated heterocycles. The van der Waals surface area contributed by atoms with Crippen molar-refractivity contribution in [3.63, 3.8) is 0 Å². The normalized spacial score (nSPS) is 12.1. The molecule has 0 heterocycles. The first-order chi connectivity index (χ1) is 10.1. The van der Waals surface area contributed by atoms with Crippen LogP contribution in [0.4, 0.5) is 0 Å². The fraction of sp³-hybridized carbons (Fsp3) is 0.562. The SMILES string of the molecule is CCOCCOCc1cccc(CNC(=O)CC(C)N)c1. The molecule has 0 saturated carbocycles. The summed E-state index contributed by atoms with van der Waals surface area (Å²) in [4.78, 5) is 11.6. The molecule has 1 rings (SSSR count). The fourth-order valence-electron chi connectivity index (χ4n) is 1.85. The van der Waals surface area contributed by atoms with Crippen molar-refractivity contribution in [1.29, 1.82) is 0 Å². The van der Waals surface area contributed by atoms with Crippen LogP contribution in [0.5, 0.6) is 0 Å². The zero-order chi connectivity index (χ0) is 15.5. The molecule has 118 valence electrons. The average Bonchev–Trinajstić information content (AvgIpc) is 2.45. The van der Waals surface area contributed by atoms with Crippen molar-refractivity contribution in [2.24, 2.45) is 5.73 Å². The number of rotatable bonds is 10. The Balaban J connectivity index is 2.33. The number of nitrogens with two attached hydrogens (primary N) is 1. The van der Waals surface area contributed by atoms with Crippen molar-refractivity contribution in [2.75, 3.05) is 19.8 Å². The van der Waals surface area contributed by atoms with Crippen LogP contribution in [0.25, 0.3) is 0 Å². The minimum Gasteiger partial charge on any atom is -0.379 e. The Morgan fingerprint density at radius 2 is 2.00 bits per heavy atom.